The SMILES string of the molecule is COCCCOc1cc(C(=O)N(C[C@@H]2CN(C(=O)OC(C)(C)C)C[C@H]2CNC(=O)C(C)(C)c2ccccc2)C(C)C)ccc1OC. The summed E-state index contributed by atoms with van der Waals surface area (Å²) < 4.78 is 22.2. The van der Waals surface area contributed by atoms with Gasteiger partial charge in [0.05, 0.1) is 19.1 Å². The smallest absolute Gasteiger partial charge is 0.410 e. The second-order valence-corrected chi connectivity index (χ2v) is 13.7. The van der Waals surface area contributed by atoms with Crippen molar-refractivity contribution in [1.29, 1.82) is 0 Å². The highest BCUT2D eigenvalue weighted by Crippen LogP contribution is 2.31. The van der Waals surface area contributed by atoms with E-state index in [9.17, 15) is 14.4 Å². The quantitative estimate of drug-likeness (QED) is 0.271. The largest absolute Gasteiger partial charge is 0.493 e. The summed E-state index contributed by atoms with van der Waals surface area (Å²) in [4.78, 5) is 44.1. The van der Waals surface area contributed by atoms with Crippen LogP contribution in [0.5, 0.6) is 11.5 Å². The topological polar surface area (TPSA) is 107 Å². The zero-order valence-electron chi connectivity index (χ0n) is 29.1. The monoisotopic (exact) mass is 639 g/mol. The van der Waals surface area contributed by atoms with E-state index in [1.54, 1.807) is 37.3 Å². The molecule has 254 valence electrons. The van der Waals surface area contributed by atoms with Crippen molar-refractivity contribution >= 4 is 17.9 Å². The second kappa shape index (κ2) is 16.2. The van der Waals surface area contributed by atoms with Crippen molar-refractivity contribution in [2.75, 3.05) is 53.6 Å². The number of carbonyl (C=O) groups excluding carboxylic acids is 3. The van der Waals surface area contributed by atoms with Gasteiger partial charge in [-0.15, -0.1) is 0 Å². The predicted molar refractivity (Wildman–Crippen MR) is 178 cm³/mol. The summed E-state index contributed by atoms with van der Waals surface area (Å²) in [6.07, 6.45) is 0.301. The van der Waals surface area contributed by atoms with Crippen LogP contribution < -0.4 is 14.8 Å². The molecule has 2 atom stereocenters. The molecular formula is C36H53N3O7. The molecule has 0 aromatic heterocycles. The van der Waals surface area contributed by atoms with Crippen molar-refractivity contribution in [3.8, 4) is 11.5 Å². The van der Waals surface area contributed by atoms with Crippen LogP contribution in [-0.2, 0) is 19.7 Å². The van der Waals surface area contributed by atoms with Gasteiger partial charge in [0.2, 0.25) is 5.91 Å². The number of ether oxygens (including phenoxy) is 4. The first-order valence-corrected chi connectivity index (χ1v) is 16.1. The van der Waals surface area contributed by atoms with Crippen molar-refractivity contribution in [2.24, 2.45) is 11.8 Å². The molecule has 0 aliphatic carbocycles. The second-order valence-electron chi connectivity index (χ2n) is 13.7. The van der Waals surface area contributed by atoms with E-state index in [4.69, 9.17) is 18.9 Å². The van der Waals surface area contributed by atoms with Crippen LogP contribution in [0.4, 0.5) is 4.79 Å². The Morgan fingerprint density at radius 1 is 0.935 bits per heavy atom. The maximum Gasteiger partial charge on any atom is 0.410 e. The number of methoxy groups -OCH3 is 2. The fourth-order valence-corrected chi connectivity index (χ4v) is 5.54. The lowest BCUT2D eigenvalue weighted by Gasteiger charge is -2.32. The van der Waals surface area contributed by atoms with E-state index in [1.807, 2.05) is 83.7 Å². The molecule has 3 amide bonds. The zero-order valence-corrected chi connectivity index (χ0v) is 29.1. The van der Waals surface area contributed by atoms with E-state index >= 15 is 0 Å². The summed E-state index contributed by atoms with van der Waals surface area (Å²) in [5.74, 6) is 0.605. The number of carbonyl (C=O) groups is 3. The molecule has 0 saturated carbocycles. The number of nitrogens with zero attached hydrogens (tertiary/aromatic N) is 2. The third-order valence-electron chi connectivity index (χ3n) is 8.29. The van der Waals surface area contributed by atoms with Gasteiger partial charge in [0.25, 0.3) is 5.91 Å². The predicted octanol–water partition coefficient (Wildman–Crippen LogP) is 5.54. The van der Waals surface area contributed by atoms with Crippen LogP contribution in [0, 0.1) is 11.8 Å². The number of hydrogen-bond acceptors (Lipinski definition) is 7. The fourth-order valence-electron chi connectivity index (χ4n) is 5.54. The average molecular weight is 640 g/mol. The van der Waals surface area contributed by atoms with Crippen LogP contribution >= 0.6 is 0 Å². The summed E-state index contributed by atoms with van der Waals surface area (Å²) >= 11 is 0. The molecule has 1 heterocycles. The first-order valence-electron chi connectivity index (χ1n) is 16.1. The maximum atomic E-state index is 14.0. The van der Waals surface area contributed by atoms with Crippen LogP contribution in [0.2, 0.25) is 0 Å². The lowest BCUT2D eigenvalue weighted by atomic mass is 9.83. The molecule has 46 heavy (non-hydrogen) atoms. The Labute approximate surface area is 274 Å². The van der Waals surface area contributed by atoms with Gasteiger partial charge in [-0.1, -0.05) is 30.3 Å². The van der Waals surface area contributed by atoms with E-state index in [0.29, 0.717) is 62.9 Å². The van der Waals surface area contributed by atoms with Gasteiger partial charge in [-0.25, -0.2) is 4.79 Å². The highest BCUT2D eigenvalue weighted by Gasteiger charge is 2.40. The standard InChI is InChI=1S/C36H53N3O7/c1-25(2)39(32(40)26-16-17-30(44-9)31(20-26)45-19-13-18-43-8)24-28-23-38(34(42)46-35(3,4)5)22-27(28)21-37-33(41)36(6,7)29-14-11-10-12-15-29/h10-12,14-17,20,25,27-28H,13,18-19,21-24H2,1-9H3,(H,37,41)/t27-,28+/m1/s1. The van der Waals surface area contributed by atoms with Gasteiger partial charge in [0.1, 0.15) is 5.60 Å². The van der Waals surface area contributed by atoms with Gasteiger partial charge < -0.3 is 34.1 Å². The van der Waals surface area contributed by atoms with Crippen LogP contribution in [0.25, 0.3) is 0 Å². The summed E-state index contributed by atoms with van der Waals surface area (Å²) in [6, 6.07) is 14.7. The Morgan fingerprint density at radius 3 is 2.22 bits per heavy atom. The Balaban J connectivity index is 1.82. The third kappa shape index (κ3) is 9.85. The maximum absolute atomic E-state index is 14.0. The Kier molecular flexibility index (Phi) is 12.9. The minimum atomic E-state index is -0.738. The molecule has 2 aromatic carbocycles. The van der Waals surface area contributed by atoms with Gasteiger partial charge in [-0.2, -0.15) is 0 Å². The molecule has 1 fully saturated rings. The molecule has 10 nitrogen and oxygen atoms in total. The third-order valence-corrected chi connectivity index (χ3v) is 8.29. The van der Waals surface area contributed by atoms with Crippen LogP contribution in [-0.4, -0.2) is 93.0 Å². The van der Waals surface area contributed by atoms with Crippen molar-refractivity contribution < 1.29 is 33.3 Å². The van der Waals surface area contributed by atoms with Gasteiger partial charge in [0, 0.05) is 69.8 Å². The summed E-state index contributed by atoms with van der Waals surface area (Å²) in [5, 5.41) is 3.15. The van der Waals surface area contributed by atoms with Crippen molar-refractivity contribution in [1.82, 2.24) is 15.1 Å². The highest BCUT2D eigenvalue weighted by molar-refractivity contribution is 5.95. The molecule has 0 unspecified atom stereocenters. The lowest BCUT2D eigenvalue weighted by Crippen LogP contribution is -2.46. The Morgan fingerprint density at radius 2 is 1.61 bits per heavy atom. The molecule has 1 aliphatic rings. The summed E-state index contributed by atoms with van der Waals surface area (Å²) in [5.41, 5.74) is 0.0188. The molecule has 1 N–H and O–H groups in total. The number of hydrogen-bond donors (Lipinski definition) is 1. The number of rotatable bonds is 14. The number of benzene rings is 2. The molecule has 0 bridgehead atoms. The summed E-state index contributed by atoms with van der Waals surface area (Å²) in [6.45, 7) is 15.8. The minimum Gasteiger partial charge on any atom is -0.493 e. The molecule has 3 rings (SSSR count). The molecule has 1 saturated heterocycles. The minimum absolute atomic E-state index is 0.0902. The van der Waals surface area contributed by atoms with E-state index in [2.05, 4.69) is 5.32 Å². The average Bonchev–Trinajstić information content (AvgIpc) is 3.42. The molecule has 0 radical (unpaired) electrons. The van der Waals surface area contributed by atoms with Gasteiger partial charge in [0.15, 0.2) is 11.5 Å². The van der Waals surface area contributed by atoms with Gasteiger partial charge >= 0.3 is 6.09 Å². The highest BCUT2D eigenvalue weighted by atomic mass is 16.6. The van der Waals surface area contributed by atoms with Crippen molar-refractivity contribution in [2.45, 2.75) is 71.9 Å². The summed E-state index contributed by atoms with van der Waals surface area (Å²) in [7, 11) is 3.21. The molecule has 1 aliphatic heterocycles. The molecule has 10 heteroatoms. The van der Waals surface area contributed by atoms with E-state index < -0.39 is 17.1 Å². The van der Waals surface area contributed by atoms with E-state index in [0.717, 1.165) is 5.56 Å². The van der Waals surface area contributed by atoms with Gasteiger partial charge in [-0.05, 0) is 72.2 Å². The molecular weight excluding hydrogens is 586 g/mol. The normalized spacial score (nSPS) is 16.7. The van der Waals surface area contributed by atoms with E-state index in [1.165, 1.54) is 0 Å². The van der Waals surface area contributed by atoms with Crippen molar-refractivity contribution in [3.63, 3.8) is 0 Å². The fraction of sp³-hybridized carbons (Fsp3) is 0.583. The van der Waals surface area contributed by atoms with E-state index in [-0.39, 0.29) is 29.7 Å². The van der Waals surface area contributed by atoms with Gasteiger partial charge in [-0.3, -0.25) is 9.59 Å². The lowest BCUT2D eigenvalue weighted by molar-refractivity contribution is -0.125. The van der Waals surface area contributed by atoms with Crippen LogP contribution in [0.3, 0.4) is 0 Å². The van der Waals surface area contributed by atoms with Crippen LogP contribution in [0.15, 0.2) is 48.5 Å². The van der Waals surface area contributed by atoms with Crippen LogP contribution in [0.1, 0.15) is 70.8 Å². The first-order chi connectivity index (χ1) is 21.7. The molecule has 0 spiro atoms. The van der Waals surface area contributed by atoms with Crippen molar-refractivity contribution in [3.05, 3.63) is 59.7 Å². The Hall–Kier alpha value is -3.79. The zero-order chi connectivity index (χ0) is 34.1. The number of nitrogens with one attached hydrogen (secondary N) is 1. The number of amides is 3. The number of likely N-dealkylation sites (tertiary alicyclic amines) is 1. The first kappa shape index (κ1) is 36.7. The molecule has 2 aromatic rings. The Bertz CT molecular complexity index is 1310.